The van der Waals surface area contributed by atoms with E-state index in [1.807, 2.05) is 37.3 Å². The van der Waals surface area contributed by atoms with Gasteiger partial charge in [0.25, 0.3) is 0 Å². The van der Waals surface area contributed by atoms with Gasteiger partial charge >= 0.3 is 5.97 Å². The van der Waals surface area contributed by atoms with E-state index in [1.165, 1.54) is 0 Å². The largest absolute Gasteiger partial charge is 0.458 e. The van der Waals surface area contributed by atoms with Crippen molar-refractivity contribution in [2.24, 2.45) is 5.73 Å². The number of rotatable bonds is 7. The van der Waals surface area contributed by atoms with Crippen LogP contribution < -0.4 is 11.1 Å². The maximum Gasteiger partial charge on any atom is 0.329 e. The number of esters is 1. The molecule has 0 aliphatic carbocycles. The second-order valence-corrected chi connectivity index (χ2v) is 6.68. The van der Waals surface area contributed by atoms with Crippen molar-refractivity contribution in [2.75, 3.05) is 0 Å². The maximum absolute atomic E-state index is 12.3. The van der Waals surface area contributed by atoms with Crippen LogP contribution in [0.1, 0.15) is 46.1 Å². The van der Waals surface area contributed by atoms with Crippen LogP contribution in [0, 0.1) is 0 Å². The number of amides is 1. The van der Waals surface area contributed by atoms with E-state index >= 15 is 0 Å². The highest BCUT2D eigenvalue weighted by Crippen LogP contribution is 2.11. The lowest BCUT2D eigenvalue weighted by Crippen LogP contribution is -2.50. The summed E-state index contributed by atoms with van der Waals surface area (Å²) in [6.07, 6.45) is 1.72. The molecule has 0 saturated carbocycles. The van der Waals surface area contributed by atoms with Crippen LogP contribution in [0.2, 0.25) is 0 Å². The van der Waals surface area contributed by atoms with Gasteiger partial charge in [-0.25, -0.2) is 4.79 Å². The summed E-state index contributed by atoms with van der Waals surface area (Å²) in [6.45, 7) is 7.36. The Hall–Kier alpha value is -1.88. The van der Waals surface area contributed by atoms with Crippen molar-refractivity contribution >= 4 is 11.9 Å². The third-order valence-electron chi connectivity index (χ3n) is 3.22. The molecule has 5 nitrogen and oxygen atoms in total. The molecule has 0 aliphatic heterocycles. The Morgan fingerprint density at radius 3 is 2.35 bits per heavy atom. The van der Waals surface area contributed by atoms with Gasteiger partial charge in [0.05, 0.1) is 6.04 Å². The third-order valence-corrected chi connectivity index (χ3v) is 3.22. The zero-order valence-electron chi connectivity index (χ0n) is 14.5. The monoisotopic (exact) mass is 320 g/mol. The van der Waals surface area contributed by atoms with Crippen molar-refractivity contribution in [1.82, 2.24) is 5.32 Å². The molecule has 0 spiro atoms. The predicted octanol–water partition coefficient (Wildman–Crippen LogP) is 2.18. The molecule has 0 radical (unpaired) electrons. The van der Waals surface area contributed by atoms with Crippen molar-refractivity contribution < 1.29 is 14.3 Å². The minimum atomic E-state index is -0.695. The van der Waals surface area contributed by atoms with Gasteiger partial charge in [-0.3, -0.25) is 4.79 Å². The molecule has 1 amide bonds. The van der Waals surface area contributed by atoms with Crippen molar-refractivity contribution in [1.29, 1.82) is 0 Å². The van der Waals surface area contributed by atoms with E-state index in [0.29, 0.717) is 12.8 Å². The second kappa shape index (κ2) is 8.67. The van der Waals surface area contributed by atoms with Gasteiger partial charge in [0.15, 0.2) is 0 Å². The van der Waals surface area contributed by atoms with Crippen LogP contribution in [0.3, 0.4) is 0 Å². The van der Waals surface area contributed by atoms with Crippen LogP contribution in [0.15, 0.2) is 30.3 Å². The van der Waals surface area contributed by atoms with Crippen molar-refractivity contribution in [2.45, 2.75) is 64.6 Å². The van der Waals surface area contributed by atoms with Gasteiger partial charge in [-0.05, 0) is 39.2 Å². The number of carbonyl (C=O) groups is 2. The molecule has 0 unspecified atom stereocenters. The van der Waals surface area contributed by atoms with E-state index < -0.39 is 23.7 Å². The Balaban J connectivity index is 2.64. The topological polar surface area (TPSA) is 81.4 Å². The first-order chi connectivity index (χ1) is 10.7. The standard InChI is InChI=1S/C18H28N2O3/c1-5-9-15(17(22)23-18(2,3)4)20-16(21)14(19)12-13-10-7-6-8-11-13/h6-8,10-11,14-15H,5,9,12,19H2,1-4H3,(H,20,21)/t14-,15+/m1/s1. The Morgan fingerprint density at radius 2 is 1.83 bits per heavy atom. The van der Waals surface area contributed by atoms with E-state index in [0.717, 1.165) is 12.0 Å². The first-order valence-corrected chi connectivity index (χ1v) is 8.05. The summed E-state index contributed by atoms with van der Waals surface area (Å²) in [5.41, 5.74) is 6.36. The van der Waals surface area contributed by atoms with E-state index in [9.17, 15) is 9.59 Å². The van der Waals surface area contributed by atoms with Crippen LogP contribution in [-0.4, -0.2) is 29.6 Å². The van der Waals surface area contributed by atoms with Crippen molar-refractivity contribution in [3.63, 3.8) is 0 Å². The zero-order valence-corrected chi connectivity index (χ0v) is 14.5. The molecule has 5 heteroatoms. The minimum Gasteiger partial charge on any atom is -0.458 e. The van der Waals surface area contributed by atoms with Gasteiger partial charge in [-0.1, -0.05) is 43.7 Å². The maximum atomic E-state index is 12.3. The summed E-state index contributed by atoms with van der Waals surface area (Å²) in [7, 11) is 0. The normalized spacial score (nSPS) is 14.0. The number of ether oxygens (including phenoxy) is 1. The summed E-state index contributed by atoms with van der Waals surface area (Å²) < 4.78 is 5.36. The summed E-state index contributed by atoms with van der Waals surface area (Å²) in [5, 5.41) is 2.72. The molecular formula is C18H28N2O3. The van der Waals surface area contributed by atoms with Gasteiger partial charge in [-0.15, -0.1) is 0 Å². The SMILES string of the molecule is CCC[C@H](NC(=O)[C@H](N)Cc1ccccc1)C(=O)OC(C)(C)C. The van der Waals surface area contributed by atoms with Crippen LogP contribution >= 0.6 is 0 Å². The highest BCUT2D eigenvalue weighted by atomic mass is 16.6. The molecule has 3 N–H and O–H groups in total. The quantitative estimate of drug-likeness (QED) is 0.755. The summed E-state index contributed by atoms with van der Waals surface area (Å²) in [4.78, 5) is 24.4. The Kier molecular flexibility index (Phi) is 7.23. The van der Waals surface area contributed by atoms with Gasteiger partial charge in [0, 0.05) is 0 Å². The summed E-state index contributed by atoms with van der Waals surface area (Å²) >= 11 is 0. The minimum absolute atomic E-state index is 0.335. The molecule has 0 aromatic heterocycles. The number of carbonyl (C=O) groups excluding carboxylic acids is 2. The smallest absolute Gasteiger partial charge is 0.329 e. The molecule has 0 heterocycles. The Bertz CT molecular complexity index is 509. The molecule has 0 saturated heterocycles. The highest BCUT2D eigenvalue weighted by molar-refractivity contribution is 5.87. The fourth-order valence-electron chi connectivity index (χ4n) is 2.15. The van der Waals surface area contributed by atoms with E-state index in [-0.39, 0.29) is 5.91 Å². The predicted molar refractivity (Wildman–Crippen MR) is 90.8 cm³/mol. The van der Waals surface area contributed by atoms with Crippen LogP contribution in [0.4, 0.5) is 0 Å². The molecule has 2 atom stereocenters. The third kappa shape index (κ3) is 7.28. The van der Waals surface area contributed by atoms with E-state index in [2.05, 4.69) is 5.32 Å². The van der Waals surface area contributed by atoms with Gasteiger partial charge in [0.2, 0.25) is 5.91 Å². The number of benzene rings is 1. The molecule has 1 rings (SSSR count). The Labute approximate surface area is 138 Å². The molecule has 1 aromatic rings. The van der Waals surface area contributed by atoms with Crippen LogP contribution in [0.25, 0.3) is 0 Å². The first kappa shape index (κ1) is 19.2. The number of nitrogens with one attached hydrogen (secondary N) is 1. The van der Waals surface area contributed by atoms with E-state index in [1.54, 1.807) is 20.8 Å². The molecule has 1 aromatic carbocycles. The average Bonchev–Trinajstić information content (AvgIpc) is 2.45. The molecule has 0 aliphatic rings. The summed E-state index contributed by atoms with van der Waals surface area (Å²) in [6, 6.07) is 8.21. The molecule has 0 fully saturated rings. The van der Waals surface area contributed by atoms with Crippen molar-refractivity contribution in [3.8, 4) is 0 Å². The van der Waals surface area contributed by atoms with Gasteiger partial charge in [0.1, 0.15) is 11.6 Å². The molecule has 0 bridgehead atoms. The lowest BCUT2D eigenvalue weighted by molar-refractivity contribution is -0.159. The zero-order chi connectivity index (χ0) is 17.5. The number of hydrogen-bond donors (Lipinski definition) is 2. The lowest BCUT2D eigenvalue weighted by Gasteiger charge is -2.25. The van der Waals surface area contributed by atoms with Gasteiger partial charge in [-0.2, -0.15) is 0 Å². The number of hydrogen-bond acceptors (Lipinski definition) is 4. The lowest BCUT2D eigenvalue weighted by atomic mass is 10.1. The fraction of sp³-hybridized carbons (Fsp3) is 0.556. The Morgan fingerprint density at radius 1 is 1.22 bits per heavy atom. The van der Waals surface area contributed by atoms with Crippen LogP contribution in [0.5, 0.6) is 0 Å². The average molecular weight is 320 g/mol. The van der Waals surface area contributed by atoms with Gasteiger partial charge < -0.3 is 15.8 Å². The number of nitrogens with two attached hydrogens (primary N) is 1. The molecule has 23 heavy (non-hydrogen) atoms. The summed E-state index contributed by atoms with van der Waals surface area (Å²) in [5.74, 6) is -0.752. The van der Waals surface area contributed by atoms with Crippen LogP contribution in [-0.2, 0) is 20.7 Å². The van der Waals surface area contributed by atoms with Crippen molar-refractivity contribution in [3.05, 3.63) is 35.9 Å². The first-order valence-electron chi connectivity index (χ1n) is 8.05. The molecular weight excluding hydrogens is 292 g/mol. The highest BCUT2D eigenvalue weighted by Gasteiger charge is 2.27. The second-order valence-electron chi connectivity index (χ2n) is 6.68. The van der Waals surface area contributed by atoms with E-state index in [4.69, 9.17) is 10.5 Å². The molecule has 128 valence electrons. The fourth-order valence-corrected chi connectivity index (χ4v) is 2.15.